The number of rotatable bonds is 0. The summed E-state index contributed by atoms with van der Waals surface area (Å²) in [6.07, 6.45) is 0. The monoisotopic (exact) mass is 278 g/mol. The number of carbonyl (C=O) groups excluding carboxylic acids is 1. The van der Waals surface area contributed by atoms with Crippen LogP contribution in [-0.4, -0.2) is 18.7 Å². The molecule has 0 aliphatic carbocycles. The van der Waals surface area contributed by atoms with Crippen LogP contribution in [0, 0.1) is 0 Å². The van der Waals surface area contributed by atoms with Crippen molar-refractivity contribution in [2.45, 2.75) is 0 Å². The van der Waals surface area contributed by atoms with E-state index in [2.05, 4.69) is 22.3 Å². The molecule has 0 aromatic carbocycles. The van der Waals surface area contributed by atoms with Crippen LogP contribution in [0.2, 0.25) is 0 Å². The molecule has 1 unspecified atom stereocenters. The van der Waals surface area contributed by atoms with E-state index in [-0.39, 0.29) is 15.1 Å². The normalized spacial score (nSPS) is 13.8. The minimum Gasteiger partial charge on any atom is -0.591 e. The molecule has 0 saturated carbocycles. The largest absolute Gasteiger partial charge is 0.591 e. The molecule has 0 aliphatic heterocycles. The van der Waals surface area contributed by atoms with E-state index in [9.17, 15) is 9.35 Å². The number of hydrogen-bond acceptors (Lipinski definition) is 2. The number of thiol groups is 1. The van der Waals surface area contributed by atoms with Crippen molar-refractivity contribution >= 4 is 74.6 Å². The maximum absolute atomic E-state index is 9.54. The second-order valence-electron chi connectivity index (χ2n) is 0.815. The molecule has 0 aromatic heterocycles. The molecule has 11 heavy (non-hydrogen) atoms. The number of halogens is 4. The highest BCUT2D eigenvalue weighted by molar-refractivity contribution is 8.27. The van der Waals surface area contributed by atoms with E-state index in [1.807, 2.05) is 0 Å². The lowest BCUT2D eigenvalue weighted by Gasteiger charge is -1.84. The number of hydrogen-bond donors (Lipinski definition) is 2. The number of carbonyl (C=O) groups is 1. The fourth-order valence-corrected chi connectivity index (χ4v) is 0. The topological polar surface area (TPSA) is 60.4 Å². The average Bonchev–Trinajstić information content (AvgIpc) is 1.89. The predicted molar refractivity (Wildman–Crippen MR) is 53.6 cm³/mol. The highest BCUT2D eigenvalue weighted by Crippen LogP contribution is 2.01. The third kappa shape index (κ3) is 18.4. The average molecular weight is 280 g/mol. The first-order valence-electron chi connectivity index (χ1n) is 1.72. The minimum absolute atomic E-state index is 0.207. The van der Waals surface area contributed by atoms with Gasteiger partial charge in [0, 0.05) is 11.6 Å². The fraction of sp³-hybridized carbons (Fsp3) is 0. The van der Waals surface area contributed by atoms with Crippen LogP contribution in [0.25, 0.3) is 0 Å². The second kappa shape index (κ2) is 9.41. The van der Waals surface area contributed by atoms with Gasteiger partial charge >= 0.3 is 4.57 Å². The van der Waals surface area contributed by atoms with Crippen molar-refractivity contribution in [1.82, 2.24) is 0 Å². The molecule has 0 saturated heterocycles. The Balaban J connectivity index is 0. The first kappa shape index (κ1) is 14.8. The van der Waals surface area contributed by atoms with Crippen LogP contribution in [0.4, 0.5) is 4.79 Å². The SMILES string of the molecule is O=C(Cl)[S+]([O-])Cl.OC(Cl)=[SH]Cl. The fourth-order valence-electron chi connectivity index (χ4n) is 0. The zero-order valence-electron chi connectivity index (χ0n) is 4.63. The van der Waals surface area contributed by atoms with E-state index < -0.39 is 15.0 Å². The van der Waals surface area contributed by atoms with Crippen LogP contribution >= 0.6 is 55.1 Å². The maximum atomic E-state index is 9.54. The Kier molecular flexibility index (Phi) is 12.7. The molecule has 0 spiro atoms. The van der Waals surface area contributed by atoms with Gasteiger partial charge < -0.3 is 9.66 Å². The van der Waals surface area contributed by atoms with Gasteiger partial charge in [-0.1, -0.05) is 21.2 Å². The van der Waals surface area contributed by atoms with Gasteiger partial charge in [-0.25, -0.2) is 4.79 Å². The molecule has 68 valence electrons. The third-order valence-electron chi connectivity index (χ3n) is 0.196. The van der Waals surface area contributed by atoms with Gasteiger partial charge in [0.15, 0.2) is 25.6 Å². The Morgan fingerprint density at radius 2 is 1.73 bits per heavy atom. The van der Waals surface area contributed by atoms with E-state index in [4.69, 9.17) is 27.4 Å². The first-order chi connectivity index (χ1) is 4.91. The quantitative estimate of drug-likeness (QED) is 0.310. The molecule has 0 radical (unpaired) electrons. The summed E-state index contributed by atoms with van der Waals surface area (Å²) in [5.74, 6) is 0. The van der Waals surface area contributed by atoms with E-state index in [1.54, 1.807) is 0 Å². The van der Waals surface area contributed by atoms with E-state index in [1.165, 1.54) is 0 Å². The molecule has 0 aliphatic rings. The molecular formula is C2H2Cl4O3S2. The molecule has 1 N–H and O–H groups in total. The lowest BCUT2D eigenvalue weighted by molar-refractivity contribution is 0.274. The maximum Gasteiger partial charge on any atom is 0.443 e. The summed E-state index contributed by atoms with van der Waals surface area (Å²) in [4.78, 5) is 9.48. The van der Waals surface area contributed by atoms with Crippen molar-refractivity contribution in [1.29, 1.82) is 0 Å². The molecule has 0 bridgehead atoms. The Bertz CT molecular complexity index is 144. The smallest absolute Gasteiger partial charge is 0.443 e. The molecule has 0 fully saturated rings. The third-order valence-corrected chi connectivity index (χ3v) is 2.66. The van der Waals surface area contributed by atoms with E-state index in [0.29, 0.717) is 0 Å². The molecule has 3 nitrogen and oxygen atoms in total. The van der Waals surface area contributed by atoms with Crippen molar-refractivity contribution in [3.63, 3.8) is 0 Å². The minimum atomic E-state index is -2.02. The van der Waals surface area contributed by atoms with Crippen LogP contribution in [0.3, 0.4) is 0 Å². The molecule has 0 heterocycles. The standard InChI is InChI=1S/CCl2O2S.CH2Cl2OS/c2-1(4)6(3)5;2-1(4)5-3/h;4-5H. The highest BCUT2D eigenvalue weighted by atomic mass is 35.7. The predicted octanol–water partition coefficient (Wildman–Crippen LogP) is 2.74. The summed E-state index contributed by atoms with van der Waals surface area (Å²) < 4.78 is 8.22. The Morgan fingerprint density at radius 3 is 1.73 bits per heavy atom. The molecule has 1 atom stereocenters. The van der Waals surface area contributed by atoms with Gasteiger partial charge in [-0.15, -0.1) is 0 Å². The first-order valence-corrected chi connectivity index (χ1v) is 6.25. The second-order valence-corrected chi connectivity index (χ2v) is 4.76. The van der Waals surface area contributed by atoms with Crippen LogP contribution in [-0.2, 0) is 10.4 Å². The lowest BCUT2D eigenvalue weighted by Crippen LogP contribution is -1.94. The van der Waals surface area contributed by atoms with Crippen molar-refractivity contribution in [3.8, 4) is 0 Å². The Morgan fingerprint density at radius 1 is 1.55 bits per heavy atom. The zero-order valence-corrected chi connectivity index (χ0v) is 9.37. The van der Waals surface area contributed by atoms with Crippen molar-refractivity contribution in [2.75, 3.05) is 0 Å². The van der Waals surface area contributed by atoms with Crippen molar-refractivity contribution < 1.29 is 14.5 Å². The molecular weight excluding hydrogens is 278 g/mol. The van der Waals surface area contributed by atoms with Gasteiger partial charge in [-0.05, 0) is 11.6 Å². The van der Waals surface area contributed by atoms with Crippen LogP contribution < -0.4 is 0 Å². The van der Waals surface area contributed by atoms with Gasteiger partial charge in [-0.2, -0.15) is 0 Å². The van der Waals surface area contributed by atoms with E-state index in [0.717, 1.165) is 0 Å². The number of aliphatic hydroxyl groups excluding tert-OH is 1. The van der Waals surface area contributed by atoms with E-state index >= 15 is 0 Å². The van der Waals surface area contributed by atoms with Crippen LogP contribution in [0.1, 0.15) is 0 Å². The van der Waals surface area contributed by atoms with Gasteiger partial charge in [-0.3, -0.25) is 0 Å². The molecule has 0 amide bonds. The summed E-state index contributed by atoms with van der Waals surface area (Å²) in [5.41, 5.74) is 0. The van der Waals surface area contributed by atoms with Gasteiger partial charge in [0.25, 0.3) is 0 Å². The van der Waals surface area contributed by atoms with Gasteiger partial charge in [0.2, 0.25) is 0 Å². The zero-order chi connectivity index (χ0) is 9.44. The summed E-state index contributed by atoms with van der Waals surface area (Å²) in [6.45, 7) is 0. The summed E-state index contributed by atoms with van der Waals surface area (Å²) in [7, 11) is 7.68. The molecule has 9 heteroatoms. The summed E-state index contributed by atoms with van der Waals surface area (Å²) >= 11 is 9.33. The highest BCUT2D eigenvalue weighted by Gasteiger charge is 2.10. The lowest BCUT2D eigenvalue weighted by atomic mass is 11.7. The van der Waals surface area contributed by atoms with Crippen molar-refractivity contribution in [2.24, 2.45) is 0 Å². The summed E-state index contributed by atoms with van der Waals surface area (Å²) in [5, 5.41) is 7.90. The van der Waals surface area contributed by atoms with Crippen molar-refractivity contribution in [3.05, 3.63) is 0 Å². The van der Waals surface area contributed by atoms with Gasteiger partial charge in [0.05, 0.1) is 0 Å². The van der Waals surface area contributed by atoms with Gasteiger partial charge in [0.1, 0.15) is 0 Å². The summed E-state index contributed by atoms with van der Waals surface area (Å²) in [6, 6.07) is 0. The Labute approximate surface area is 88.7 Å². The Hall–Kier alpha value is 1.32. The van der Waals surface area contributed by atoms with Crippen LogP contribution in [0.5, 0.6) is 0 Å². The molecule has 0 rings (SSSR count). The van der Waals surface area contributed by atoms with Crippen LogP contribution in [0.15, 0.2) is 0 Å². The number of aliphatic hydroxyl groups is 1. The molecule has 0 aromatic rings.